The van der Waals surface area contributed by atoms with Crippen LogP contribution in [0.25, 0.3) is 0 Å². The van der Waals surface area contributed by atoms with Crippen molar-refractivity contribution in [1.82, 2.24) is 4.98 Å². The molecule has 58 valence electrons. The van der Waals surface area contributed by atoms with E-state index in [2.05, 4.69) is 4.98 Å². The second-order valence-corrected chi connectivity index (χ2v) is 2.27. The predicted molar refractivity (Wildman–Crippen MR) is 42.1 cm³/mol. The van der Waals surface area contributed by atoms with Gasteiger partial charge in [0.2, 0.25) is 0 Å². The molecule has 0 amide bonds. The number of ketones is 1. The van der Waals surface area contributed by atoms with Crippen LogP contribution in [0.2, 0.25) is 0 Å². The van der Waals surface area contributed by atoms with Gasteiger partial charge in [0.05, 0.1) is 0 Å². The van der Waals surface area contributed by atoms with Crippen LogP contribution in [0.5, 0.6) is 0 Å². The van der Waals surface area contributed by atoms with Gasteiger partial charge in [0, 0.05) is 19.7 Å². The van der Waals surface area contributed by atoms with Crippen molar-refractivity contribution < 1.29 is 4.79 Å². The monoisotopic (exact) mass is 150 g/mol. The average molecular weight is 150 g/mol. The zero-order chi connectivity index (χ0) is 8.27. The molecule has 0 bridgehead atoms. The Hall–Kier alpha value is -1.22. The number of hydrogen-bond donors (Lipinski definition) is 1. The van der Waals surface area contributed by atoms with Gasteiger partial charge in [-0.3, -0.25) is 9.78 Å². The van der Waals surface area contributed by atoms with Gasteiger partial charge in [-0.2, -0.15) is 0 Å². The van der Waals surface area contributed by atoms with Crippen LogP contribution in [0.1, 0.15) is 23.0 Å². The van der Waals surface area contributed by atoms with E-state index in [0.29, 0.717) is 12.2 Å². The van der Waals surface area contributed by atoms with Gasteiger partial charge in [-0.25, -0.2) is 0 Å². The summed E-state index contributed by atoms with van der Waals surface area (Å²) in [6.45, 7) is 1.85. The Morgan fingerprint density at radius 2 is 2.45 bits per heavy atom. The van der Waals surface area contributed by atoms with E-state index in [9.17, 15) is 4.79 Å². The number of Topliss-reactive ketones (excluding diaryl/α,β-unsaturated/α-hetero) is 1. The van der Waals surface area contributed by atoms with Crippen molar-refractivity contribution in [2.75, 3.05) is 0 Å². The minimum Gasteiger partial charge on any atom is -0.326 e. The Labute approximate surface area is 65.2 Å². The molecule has 0 aliphatic heterocycles. The van der Waals surface area contributed by atoms with Crippen molar-refractivity contribution in [3.05, 3.63) is 29.6 Å². The highest BCUT2D eigenvalue weighted by Crippen LogP contribution is 2.03. The number of nitrogens with zero attached hydrogens (tertiary/aromatic N) is 1. The highest BCUT2D eigenvalue weighted by molar-refractivity contribution is 5.93. The van der Waals surface area contributed by atoms with Crippen LogP contribution in [0.4, 0.5) is 0 Å². The second kappa shape index (κ2) is 3.25. The fraction of sp³-hybridized carbons (Fsp3) is 0.250. The lowest BCUT2D eigenvalue weighted by atomic mass is 10.1. The maximum Gasteiger partial charge on any atom is 0.178 e. The molecule has 0 radical (unpaired) electrons. The SMILES string of the molecule is CC(=O)c1ncccc1CN. The summed E-state index contributed by atoms with van der Waals surface area (Å²) in [5, 5.41) is 0. The van der Waals surface area contributed by atoms with E-state index in [1.54, 1.807) is 12.3 Å². The van der Waals surface area contributed by atoms with E-state index in [1.165, 1.54) is 6.92 Å². The number of hydrogen-bond acceptors (Lipinski definition) is 3. The fourth-order valence-electron chi connectivity index (χ4n) is 0.920. The summed E-state index contributed by atoms with van der Waals surface area (Å²) >= 11 is 0. The molecule has 1 aromatic rings. The first kappa shape index (κ1) is 7.88. The molecule has 0 aromatic carbocycles. The summed E-state index contributed by atoms with van der Waals surface area (Å²) in [6, 6.07) is 3.58. The third-order valence-electron chi connectivity index (χ3n) is 1.44. The molecule has 0 saturated heterocycles. The van der Waals surface area contributed by atoms with Crippen molar-refractivity contribution in [2.45, 2.75) is 13.5 Å². The van der Waals surface area contributed by atoms with Crippen LogP contribution in [0.15, 0.2) is 18.3 Å². The van der Waals surface area contributed by atoms with E-state index in [0.717, 1.165) is 5.56 Å². The Morgan fingerprint density at radius 1 is 1.73 bits per heavy atom. The van der Waals surface area contributed by atoms with E-state index in [-0.39, 0.29) is 5.78 Å². The molecular formula is C8H10N2O. The summed E-state index contributed by atoms with van der Waals surface area (Å²) < 4.78 is 0. The maximum absolute atomic E-state index is 10.9. The molecular weight excluding hydrogens is 140 g/mol. The van der Waals surface area contributed by atoms with Crippen LogP contribution >= 0.6 is 0 Å². The summed E-state index contributed by atoms with van der Waals surface area (Å²) in [6.07, 6.45) is 1.59. The first-order valence-corrected chi connectivity index (χ1v) is 3.40. The molecule has 1 rings (SSSR count). The van der Waals surface area contributed by atoms with Crippen molar-refractivity contribution in [3.8, 4) is 0 Å². The van der Waals surface area contributed by atoms with Crippen LogP contribution in [0.3, 0.4) is 0 Å². The smallest absolute Gasteiger partial charge is 0.178 e. The Kier molecular flexibility index (Phi) is 2.33. The van der Waals surface area contributed by atoms with E-state index < -0.39 is 0 Å². The number of aromatic nitrogens is 1. The molecule has 0 aliphatic rings. The van der Waals surface area contributed by atoms with Gasteiger partial charge >= 0.3 is 0 Å². The molecule has 0 atom stereocenters. The molecule has 1 aromatic heterocycles. The van der Waals surface area contributed by atoms with Gasteiger partial charge in [0.25, 0.3) is 0 Å². The Balaban J connectivity index is 3.12. The number of nitrogens with two attached hydrogens (primary N) is 1. The van der Waals surface area contributed by atoms with Crippen molar-refractivity contribution in [3.63, 3.8) is 0 Å². The predicted octanol–water partition coefficient (Wildman–Crippen LogP) is 0.743. The van der Waals surface area contributed by atoms with Crippen molar-refractivity contribution in [2.24, 2.45) is 5.73 Å². The minimum atomic E-state index is -0.0361. The normalized spacial score (nSPS) is 9.64. The summed E-state index contributed by atoms with van der Waals surface area (Å²) in [5.41, 5.74) is 6.68. The highest BCUT2D eigenvalue weighted by Gasteiger charge is 2.04. The van der Waals surface area contributed by atoms with E-state index >= 15 is 0 Å². The topological polar surface area (TPSA) is 56.0 Å². The average Bonchev–Trinajstić information content (AvgIpc) is 2.04. The minimum absolute atomic E-state index is 0.0361. The molecule has 0 saturated carbocycles. The van der Waals surface area contributed by atoms with E-state index in [1.807, 2.05) is 6.07 Å². The molecule has 3 nitrogen and oxygen atoms in total. The first-order valence-electron chi connectivity index (χ1n) is 3.40. The standard InChI is InChI=1S/C8H10N2O/c1-6(11)8-7(5-9)3-2-4-10-8/h2-4H,5,9H2,1H3. The number of rotatable bonds is 2. The first-order chi connectivity index (χ1) is 5.25. The number of pyridine rings is 1. The molecule has 0 aliphatic carbocycles. The third kappa shape index (κ3) is 1.62. The molecule has 0 spiro atoms. The van der Waals surface area contributed by atoms with Crippen LogP contribution in [0, 0.1) is 0 Å². The van der Waals surface area contributed by atoms with Crippen molar-refractivity contribution >= 4 is 5.78 Å². The van der Waals surface area contributed by atoms with E-state index in [4.69, 9.17) is 5.73 Å². The summed E-state index contributed by atoms with van der Waals surface area (Å²) in [7, 11) is 0. The zero-order valence-corrected chi connectivity index (χ0v) is 6.37. The van der Waals surface area contributed by atoms with Gasteiger partial charge in [-0.1, -0.05) is 6.07 Å². The van der Waals surface area contributed by atoms with Gasteiger partial charge in [0.1, 0.15) is 5.69 Å². The third-order valence-corrected chi connectivity index (χ3v) is 1.44. The molecule has 3 heteroatoms. The van der Waals surface area contributed by atoms with Crippen molar-refractivity contribution in [1.29, 1.82) is 0 Å². The van der Waals surface area contributed by atoms with Gasteiger partial charge in [-0.05, 0) is 11.6 Å². The molecule has 1 heterocycles. The maximum atomic E-state index is 10.9. The quantitative estimate of drug-likeness (QED) is 0.633. The second-order valence-electron chi connectivity index (χ2n) is 2.27. The number of carbonyl (C=O) groups excluding carboxylic acids is 1. The summed E-state index contributed by atoms with van der Waals surface area (Å²) in [5.74, 6) is -0.0361. The molecule has 2 N–H and O–H groups in total. The largest absolute Gasteiger partial charge is 0.326 e. The zero-order valence-electron chi connectivity index (χ0n) is 6.37. The summed E-state index contributed by atoms with van der Waals surface area (Å²) in [4.78, 5) is 14.8. The molecule has 0 unspecified atom stereocenters. The molecule has 11 heavy (non-hydrogen) atoms. The lowest BCUT2D eigenvalue weighted by Crippen LogP contribution is -2.06. The Morgan fingerprint density at radius 3 is 2.91 bits per heavy atom. The van der Waals surface area contributed by atoms with Crippen LogP contribution in [-0.2, 0) is 6.54 Å². The molecule has 0 fully saturated rings. The van der Waals surface area contributed by atoms with Gasteiger partial charge in [0.15, 0.2) is 5.78 Å². The van der Waals surface area contributed by atoms with Crippen LogP contribution in [-0.4, -0.2) is 10.8 Å². The van der Waals surface area contributed by atoms with Gasteiger partial charge < -0.3 is 5.73 Å². The lowest BCUT2D eigenvalue weighted by Gasteiger charge is -2.00. The lowest BCUT2D eigenvalue weighted by molar-refractivity contribution is 0.101. The Bertz CT molecular complexity index is 271. The van der Waals surface area contributed by atoms with Crippen LogP contribution < -0.4 is 5.73 Å². The van der Waals surface area contributed by atoms with Gasteiger partial charge in [-0.15, -0.1) is 0 Å². The fourth-order valence-corrected chi connectivity index (χ4v) is 0.920. The highest BCUT2D eigenvalue weighted by atomic mass is 16.1. The number of carbonyl (C=O) groups is 1.